The number of aliphatic imine (C=N–C) groups is 1. The van der Waals surface area contributed by atoms with Crippen LogP contribution in [-0.4, -0.2) is 16.7 Å². The molecule has 0 aromatic heterocycles. The second-order valence-corrected chi connectivity index (χ2v) is 5.24. The van der Waals surface area contributed by atoms with Crippen molar-refractivity contribution in [1.82, 2.24) is 5.48 Å². The standard InChI is InChI=1S/C13H14N2O2S/c1-13(2)8-9-18-12(14-13)15-17-11(16)10-6-4-3-5-7-10/h3-9H,1-2H3,(H,14,15). The quantitative estimate of drug-likeness (QED) is 0.791. The van der Waals surface area contributed by atoms with Gasteiger partial charge >= 0.3 is 5.97 Å². The average molecular weight is 262 g/mol. The van der Waals surface area contributed by atoms with Gasteiger partial charge in [0.1, 0.15) is 0 Å². The zero-order valence-electron chi connectivity index (χ0n) is 10.2. The fourth-order valence-electron chi connectivity index (χ4n) is 1.36. The maximum atomic E-state index is 11.7. The number of carbonyl (C=O) groups is 1. The Balaban J connectivity index is 1.93. The number of hydroxylamine groups is 1. The third-order valence-corrected chi connectivity index (χ3v) is 2.96. The number of rotatable bonds is 1. The van der Waals surface area contributed by atoms with E-state index in [4.69, 9.17) is 4.84 Å². The third kappa shape index (κ3) is 3.37. The Labute approximate surface area is 110 Å². The summed E-state index contributed by atoms with van der Waals surface area (Å²) >= 11 is 1.38. The summed E-state index contributed by atoms with van der Waals surface area (Å²) in [6.45, 7) is 3.95. The molecule has 2 rings (SSSR count). The highest BCUT2D eigenvalue weighted by Crippen LogP contribution is 2.21. The maximum Gasteiger partial charge on any atom is 0.362 e. The molecule has 0 fully saturated rings. The third-order valence-electron chi connectivity index (χ3n) is 2.29. The first-order valence-corrected chi connectivity index (χ1v) is 6.41. The molecule has 4 nitrogen and oxygen atoms in total. The van der Waals surface area contributed by atoms with Gasteiger partial charge in [-0.2, -0.15) is 5.48 Å². The molecule has 18 heavy (non-hydrogen) atoms. The summed E-state index contributed by atoms with van der Waals surface area (Å²) in [5.41, 5.74) is 2.82. The van der Waals surface area contributed by atoms with E-state index in [1.807, 2.05) is 31.4 Å². The van der Waals surface area contributed by atoms with Crippen LogP contribution >= 0.6 is 11.8 Å². The number of thioether (sulfide) groups is 1. The van der Waals surface area contributed by atoms with Crippen LogP contribution < -0.4 is 5.48 Å². The molecule has 1 aliphatic rings. The van der Waals surface area contributed by atoms with Crippen molar-refractivity contribution in [3.63, 3.8) is 0 Å². The van der Waals surface area contributed by atoms with Crippen molar-refractivity contribution in [3.05, 3.63) is 47.4 Å². The lowest BCUT2D eigenvalue weighted by atomic mass is 10.1. The van der Waals surface area contributed by atoms with Crippen molar-refractivity contribution in [2.24, 2.45) is 4.99 Å². The Kier molecular flexibility index (Phi) is 3.72. The molecule has 0 bridgehead atoms. The number of amidine groups is 1. The molecule has 1 N–H and O–H groups in total. The number of carbonyl (C=O) groups excluding carboxylic acids is 1. The second-order valence-electron chi connectivity index (χ2n) is 4.35. The summed E-state index contributed by atoms with van der Waals surface area (Å²) < 4.78 is 0. The van der Waals surface area contributed by atoms with E-state index in [9.17, 15) is 4.79 Å². The van der Waals surface area contributed by atoms with Crippen LogP contribution in [-0.2, 0) is 4.84 Å². The molecule has 0 unspecified atom stereocenters. The van der Waals surface area contributed by atoms with Gasteiger partial charge in [0.15, 0.2) is 5.17 Å². The molecule has 1 aromatic rings. The van der Waals surface area contributed by atoms with Gasteiger partial charge in [0, 0.05) is 0 Å². The molecule has 0 saturated carbocycles. The lowest BCUT2D eigenvalue weighted by Gasteiger charge is -2.20. The Morgan fingerprint density at radius 2 is 2.06 bits per heavy atom. The first-order chi connectivity index (χ1) is 8.57. The molecular formula is C13H14N2O2S. The topological polar surface area (TPSA) is 50.7 Å². The largest absolute Gasteiger partial charge is 0.362 e. The lowest BCUT2D eigenvalue weighted by Crippen LogP contribution is -2.29. The highest BCUT2D eigenvalue weighted by atomic mass is 32.2. The zero-order chi connectivity index (χ0) is 13.0. The van der Waals surface area contributed by atoms with Gasteiger partial charge in [0.05, 0.1) is 11.1 Å². The van der Waals surface area contributed by atoms with Gasteiger partial charge in [-0.1, -0.05) is 36.0 Å². The molecule has 0 saturated heterocycles. The number of benzene rings is 1. The first-order valence-electron chi connectivity index (χ1n) is 5.53. The first kappa shape index (κ1) is 12.7. The van der Waals surface area contributed by atoms with Crippen molar-refractivity contribution in [1.29, 1.82) is 0 Å². The summed E-state index contributed by atoms with van der Waals surface area (Å²) in [5.74, 6) is -0.425. The summed E-state index contributed by atoms with van der Waals surface area (Å²) in [6, 6.07) is 8.82. The van der Waals surface area contributed by atoms with Crippen LogP contribution in [0.2, 0.25) is 0 Å². The maximum absolute atomic E-state index is 11.7. The molecule has 5 heteroatoms. The van der Waals surface area contributed by atoms with Crippen LogP contribution in [0.4, 0.5) is 0 Å². The molecule has 0 radical (unpaired) electrons. The van der Waals surface area contributed by atoms with Crippen LogP contribution in [0.5, 0.6) is 0 Å². The number of hydrogen-bond acceptors (Lipinski definition) is 5. The van der Waals surface area contributed by atoms with Crippen molar-refractivity contribution in [2.75, 3.05) is 0 Å². The van der Waals surface area contributed by atoms with Crippen LogP contribution in [0.1, 0.15) is 24.2 Å². The average Bonchev–Trinajstić information content (AvgIpc) is 2.36. The van der Waals surface area contributed by atoms with E-state index in [-0.39, 0.29) is 5.54 Å². The summed E-state index contributed by atoms with van der Waals surface area (Å²) in [6.07, 6.45) is 1.99. The van der Waals surface area contributed by atoms with Crippen molar-refractivity contribution in [3.8, 4) is 0 Å². The Morgan fingerprint density at radius 3 is 2.72 bits per heavy atom. The van der Waals surface area contributed by atoms with Gasteiger partial charge < -0.3 is 4.84 Å². The normalized spacial score (nSPS) is 16.9. The van der Waals surface area contributed by atoms with E-state index < -0.39 is 5.97 Å². The van der Waals surface area contributed by atoms with E-state index in [1.54, 1.807) is 24.3 Å². The highest BCUT2D eigenvalue weighted by Gasteiger charge is 2.18. The van der Waals surface area contributed by atoms with Crippen LogP contribution in [0.3, 0.4) is 0 Å². The monoisotopic (exact) mass is 262 g/mol. The van der Waals surface area contributed by atoms with Crippen LogP contribution in [0, 0.1) is 0 Å². The molecule has 0 aliphatic carbocycles. The van der Waals surface area contributed by atoms with Crippen LogP contribution in [0.15, 0.2) is 46.8 Å². The highest BCUT2D eigenvalue weighted by molar-refractivity contribution is 8.16. The zero-order valence-corrected chi connectivity index (χ0v) is 11.0. The van der Waals surface area contributed by atoms with E-state index >= 15 is 0 Å². The SMILES string of the molecule is CC1(C)C=CSC(NOC(=O)c2ccccc2)=N1. The lowest BCUT2D eigenvalue weighted by molar-refractivity contribution is 0.0391. The molecule has 1 heterocycles. The number of nitrogens with one attached hydrogen (secondary N) is 1. The van der Waals surface area contributed by atoms with Gasteiger partial charge in [-0.05, 0) is 31.4 Å². The minimum Gasteiger partial charge on any atom is -0.336 e. The van der Waals surface area contributed by atoms with Gasteiger partial charge in [0.25, 0.3) is 0 Å². The molecule has 0 atom stereocenters. The minimum absolute atomic E-state index is 0.271. The summed E-state index contributed by atoms with van der Waals surface area (Å²) in [7, 11) is 0. The molecule has 1 aromatic carbocycles. The predicted molar refractivity (Wildman–Crippen MR) is 73.2 cm³/mol. The van der Waals surface area contributed by atoms with Gasteiger partial charge in [-0.15, -0.1) is 0 Å². The predicted octanol–water partition coefficient (Wildman–Crippen LogP) is 2.74. The van der Waals surface area contributed by atoms with Crippen molar-refractivity contribution in [2.45, 2.75) is 19.4 Å². The van der Waals surface area contributed by atoms with Crippen molar-refractivity contribution < 1.29 is 9.63 Å². The smallest absolute Gasteiger partial charge is 0.336 e. The van der Waals surface area contributed by atoms with E-state index in [0.717, 1.165) is 0 Å². The van der Waals surface area contributed by atoms with E-state index in [2.05, 4.69) is 10.5 Å². The van der Waals surface area contributed by atoms with Crippen molar-refractivity contribution >= 4 is 22.9 Å². The molecule has 1 aliphatic heterocycles. The Morgan fingerprint density at radius 1 is 1.33 bits per heavy atom. The molecule has 0 amide bonds. The minimum atomic E-state index is -0.425. The number of nitrogens with zero attached hydrogens (tertiary/aromatic N) is 1. The fraction of sp³-hybridized carbons (Fsp3) is 0.231. The van der Waals surface area contributed by atoms with Gasteiger partial charge in [0.2, 0.25) is 0 Å². The Bertz CT molecular complexity index is 495. The van der Waals surface area contributed by atoms with E-state index in [0.29, 0.717) is 10.7 Å². The number of hydrogen-bond donors (Lipinski definition) is 1. The van der Waals surface area contributed by atoms with E-state index in [1.165, 1.54) is 11.8 Å². The fourth-order valence-corrected chi connectivity index (χ4v) is 2.27. The molecule has 94 valence electrons. The van der Waals surface area contributed by atoms with Gasteiger partial charge in [-0.25, -0.2) is 9.79 Å². The summed E-state index contributed by atoms with van der Waals surface area (Å²) in [4.78, 5) is 21.1. The van der Waals surface area contributed by atoms with Gasteiger partial charge in [-0.3, -0.25) is 0 Å². The molecule has 0 spiro atoms. The summed E-state index contributed by atoms with van der Waals surface area (Å²) in [5, 5.41) is 2.50. The second kappa shape index (κ2) is 5.27. The van der Waals surface area contributed by atoms with Crippen LogP contribution in [0.25, 0.3) is 0 Å². The Hall–Kier alpha value is -1.75. The molecular weight excluding hydrogens is 248 g/mol.